The Hall–Kier alpha value is -12.8. The molecule has 0 spiro atoms. The van der Waals surface area contributed by atoms with Crippen LogP contribution >= 0.6 is 0 Å². The monoisotopic (exact) mass is 1930 g/mol. The lowest BCUT2D eigenvalue weighted by Gasteiger charge is -2.19. The third-order valence-corrected chi connectivity index (χ3v) is 17.5. The van der Waals surface area contributed by atoms with E-state index in [0.29, 0.717) is 41.3 Å². The number of hydrogen-bond acceptors (Lipinski definition) is 14. The van der Waals surface area contributed by atoms with Gasteiger partial charge in [-0.15, -0.1) is 0 Å². The number of hydrogen-bond donors (Lipinski definition) is 4. The molecule has 8 aromatic carbocycles. The van der Waals surface area contributed by atoms with Crippen LogP contribution in [0, 0.1) is 43.0 Å². The Bertz CT molecular complexity index is 5200. The third-order valence-electron chi connectivity index (χ3n) is 17.5. The van der Waals surface area contributed by atoms with Crippen LogP contribution in [0.3, 0.4) is 0 Å². The maximum atomic E-state index is 13.7. The van der Waals surface area contributed by atoms with Crippen molar-refractivity contribution in [3.8, 4) is 28.7 Å². The summed E-state index contributed by atoms with van der Waals surface area (Å²) in [4.78, 5) is 74.3. The molecule has 18 nitrogen and oxygen atoms in total. The molecule has 134 heavy (non-hydrogen) atoms. The van der Waals surface area contributed by atoms with E-state index in [1.165, 1.54) is 77.6 Å². The summed E-state index contributed by atoms with van der Waals surface area (Å²) in [5.41, 5.74) is -3.83. The maximum absolute atomic E-state index is 13.7. The van der Waals surface area contributed by atoms with Crippen LogP contribution in [0.5, 0.6) is 28.7 Å². The van der Waals surface area contributed by atoms with E-state index in [2.05, 4.69) is 15.4 Å². The first-order valence-corrected chi connectivity index (χ1v) is 40.1. The fraction of sp³-hybridized carbons (Fsp3) is 0.362. The zero-order valence-electron chi connectivity index (χ0n) is 75.5. The first-order chi connectivity index (χ1) is 61.6. The van der Waals surface area contributed by atoms with Gasteiger partial charge >= 0.3 is 55.0 Å². The Labute approximate surface area is 757 Å². The first-order valence-electron chi connectivity index (χ1n) is 40.1. The summed E-state index contributed by atoms with van der Waals surface area (Å²) in [5, 5.41) is 23.4. The van der Waals surface area contributed by atoms with E-state index < -0.39 is 153 Å². The zero-order chi connectivity index (χ0) is 103. The molecule has 40 heteroatoms. The number of methoxy groups -OCH3 is 1. The van der Waals surface area contributed by atoms with Gasteiger partial charge in [0.05, 0.1) is 95.8 Å². The van der Waals surface area contributed by atoms with Crippen molar-refractivity contribution in [1.29, 1.82) is 0 Å². The number of alkyl halides is 18. The molecule has 0 radical (unpaired) electrons. The molecule has 0 fully saturated rings. The van der Waals surface area contributed by atoms with Gasteiger partial charge < -0.3 is 49.3 Å². The van der Waals surface area contributed by atoms with Crippen molar-refractivity contribution in [1.82, 2.24) is 15.7 Å². The van der Waals surface area contributed by atoms with Crippen LogP contribution < -0.4 is 29.6 Å². The summed E-state index contributed by atoms with van der Waals surface area (Å²) in [5.74, 6) is -8.29. The lowest BCUT2D eigenvalue weighted by molar-refractivity contribution is -0.138. The van der Waals surface area contributed by atoms with Crippen LogP contribution in [-0.4, -0.2) is 103 Å². The Morgan fingerprint density at radius 1 is 0.388 bits per heavy atom. The molecule has 0 aliphatic carbocycles. The average molecular weight is 1930 g/mol. The maximum Gasteiger partial charge on any atom is 0.416 e. The van der Waals surface area contributed by atoms with Crippen molar-refractivity contribution in [2.24, 2.45) is 5.92 Å². The summed E-state index contributed by atoms with van der Waals surface area (Å²) in [7, 11) is 3.86. The number of ether oxygens (including phenoxy) is 6. The van der Waals surface area contributed by atoms with E-state index in [1.807, 2.05) is 13.8 Å². The van der Waals surface area contributed by atoms with Gasteiger partial charge in [-0.25, -0.2) is 37.0 Å². The zero-order valence-corrected chi connectivity index (χ0v) is 75.5. The van der Waals surface area contributed by atoms with Gasteiger partial charge in [0.25, 0.3) is 5.91 Å². The molecule has 734 valence electrons. The van der Waals surface area contributed by atoms with Crippen molar-refractivity contribution in [3.05, 3.63) is 270 Å². The van der Waals surface area contributed by atoms with E-state index in [4.69, 9.17) is 38.7 Å². The summed E-state index contributed by atoms with van der Waals surface area (Å²) in [6.45, 7) is 26.3. The number of carbonyl (C=O) groups is 6. The number of benzene rings is 8. The van der Waals surface area contributed by atoms with E-state index in [1.54, 1.807) is 83.1 Å². The standard InChI is InChI=1S/C23H24F5NO.C22H22F5NO2.C14H17F3O3.C14H15F3O3.C13H16F3NO3.C8H5F3O3/c1-13(2)9-18-10-19(23(26,27)28)7-5-16(18)6-8-22(30)29-15(4)17-11-20(24)14(3)21(25)12-17;1-12(2)30-20-11-17(22(25,26)27)7-5-15(20)6-8-21(29)28-14(4)16-9-18(23)13(3)19(24)10-16;1-8(2)19-12-7-10(14(15,16)17)5-6-11(12)13(18)20-9(3)4;1-9(2)20-12-8-11(14(15,16)17)6-4-10(12)5-7-13(18)19-3;1-8(2)20-11-7-9(13(14,15)16)5-6-10(11)12(18)17(3)19-4;9-8(10,11)4-1-2-5(7(13)14)6(12)3-4/h5-8,10-13,15H,9H2,1-4H3,(H,29,30);5-12,14H,1-4H3,(H,28,29);5-9H,1-4H3;4-9H,1-3H3;5-8H,1-4H3;1-3,12H,(H,13,14)/b2*8-6+;;7-5+;;/t15-;14-;;;;/m11..../s1. The summed E-state index contributed by atoms with van der Waals surface area (Å²) in [6, 6.07) is 19.9. The van der Waals surface area contributed by atoms with Gasteiger partial charge in [0, 0.05) is 47.5 Å². The van der Waals surface area contributed by atoms with Crippen LogP contribution in [0.2, 0.25) is 0 Å². The molecule has 0 heterocycles. The van der Waals surface area contributed by atoms with Crippen molar-refractivity contribution in [2.45, 2.75) is 197 Å². The molecule has 8 aromatic rings. The molecule has 0 aliphatic rings. The number of rotatable bonds is 25. The Morgan fingerprint density at radius 3 is 1.01 bits per heavy atom. The summed E-state index contributed by atoms with van der Waals surface area (Å²) in [6.07, 6.45) is -20.8. The van der Waals surface area contributed by atoms with Gasteiger partial charge in [-0.1, -0.05) is 32.0 Å². The van der Waals surface area contributed by atoms with Crippen molar-refractivity contribution < 1.29 is 169 Å². The lowest BCUT2D eigenvalue weighted by atomic mass is 9.95. The quantitative estimate of drug-likeness (QED) is 0.0180. The highest BCUT2D eigenvalue weighted by Crippen LogP contribution is 2.41. The fourth-order valence-corrected chi connectivity index (χ4v) is 10.9. The van der Waals surface area contributed by atoms with Gasteiger partial charge in [-0.05, 0) is 265 Å². The third kappa shape index (κ3) is 38.4. The highest BCUT2D eigenvalue weighted by atomic mass is 19.4. The second kappa shape index (κ2) is 50.4. The number of aromatic carboxylic acids is 1. The summed E-state index contributed by atoms with van der Waals surface area (Å²) < 4.78 is 314. The minimum absolute atomic E-state index is 0.0102. The molecule has 0 unspecified atom stereocenters. The highest BCUT2D eigenvalue weighted by Gasteiger charge is 2.38. The largest absolute Gasteiger partial charge is 0.507 e. The van der Waals surface area contributed by atoms with Crippen molar-refractivity contribution >= 4 is 53.9 Å². The van der Waals surface area contributed by atoms with Crippen LogP contribution in [0.4, 0.5) is 96.6 Å². The number of halogens is 22. The molecular weight excluding hydrogens is 1830 g/mol. The number of hydroxylamine groups is 2. The second-order valence-electron chi connectivity index (χ2n) is 30.8. The number of esters is 2. The Kier molecular flexibility index (Phi) is 43.4. The van der Waals surface area contributed by atoms with E-state index in [0.717, 1.165) is 114 Å². The SMILES string of the molecule is CC(C)OC(=O)c1ccc(C(F)(F)F)cc1OC(C)C.COC(=O)/C=C/c1ccc(C(F)(F)F)cc1OC(C)C.CON(C)C(=O)c1ccc(C(F)(F)F)cc1OC(C)C.Cc1c(F)cc([C@@H](C)NC(=O)/C=C/c2ccc(C(F)(F)F)cc2CC(C)C)cc1F.Cc1c(F)cc([C@@H](C)NC(=O)/C=C/c2ccc(C(F)(F)F)cc2OC(C)C)cc1F.O=C(O)c1ccc(C(F)(F)F)cc1O. The number of aromatic hydroxyl groups is 1. The van der Waals surface area contributed by atoms with Gasteiger partial charge in [0.15, 0.2) is 0 Å². The normalized spacial score (nSPS) is 12.3. The average Bonchev–Trinajstić information content (AvgIpc) is 0.845. The molecule has 0 bridgehead atoms. The highest BCUT2D eigenvalue weighted by molar-refractivity contribution is 5.97. The Balaban J connectivity index is 0.000000421. The molecule has 2 atom stereocenters. The van der Waals surface area contributed by atoms with Crippen LogP contribution in [-0.2, 0) is 72.2 Å². The molecule has 4 N–H and O–H groups in total. The van der Waals surface area contributed by atoms with E-state index >= 15 is 0 Å². The number of carboxylic acid groups (broad SMARTS) is 1. The van der Waals surface area contributed by atoms with Gasteiger partial charge in [-0.2, -0.15) is 79.0 Å². The number of carbonyl (C=O) groups excluding carboxylic acids is 5. The number of nitrogens with zero attached hydrogens (tertiary/aromatic N) is 1. The molecule has 0 aromatic heterocycles. The van der Waals surface area contributed by atoms with Crippen LogP contribution in [0.1, 0.15) is 218 Å². The molecule has 0 saturated carbocycles. The molecule has 3 amide bonds. The molecule has 8 rings (SSSR count). The molecule has 0 aliphatic heterocycles. The van der Waals surface area contributed by atoms with Gasteiger partial charge in [0.2, 0.25) is 11.8 Å². The Morgan fingerprint density at radius 2 is 0.687 bits per heavy atom. The van der Waals surface area contributed by atoms with E-state index in [9.17, 15) is 125 Å². The van der Waals surface area contributed by atoms with E-state index in [-0.39, 0.29) is 98.4 Å². The lowest BCUT2D eigenvalue weighted by Crippen LogP contribution is -2.26. The fourth-order valence-electron chi connectivity index (χ4n) is 10.9. The minimum Gasteiger partial charge on any atom is -0.507 e. The van der Waals surface area contributed by atoms with Crippen LogP contribution in [0.25, 0.3) is 18.2 Å². The predicted molar refractivity (Wildman–Crippen MR) is 453 cm³/mol. The smallest absolute Gasteiger partial charge is 0.416 e. The number of nitrogens with one attached hydrogen (secondary N) is 2. The molecule has 0 saturated heterocycles. The van der Waals surface area contributed by atoms with Crippen LogP contribution in [0.15, 0.2) is 152 Å². The topological polar surface area (TPSA) is 235 Å². The second-order valence-corrected chi connectivity index (χ2v) is 30.8. The first kappa shape index (κ1) is 115. The number of phenols is 1. The van der Waals surface area contributed by atoms with Gasteiger partial charge in [-0.3, -0.25) is 19.2 Å². The number of carboxylic acids is 1. The van der Waals surface area contributed by atoms with Crippen molar-refractivity contribution in [3.63, 3.8) is 0 Å². The minimum atomic E-state index is -4.59. The van der Waals surface area contributed by atoms with Crippen molar-refractivity contribution in [2.75, 3.05) is 21.3 Å². The number of amides is 3. The molecular formula is C94H99F22N3O15. The summed E-state index contributed by atoms with van der Waals surface area (Å²) >= 11 is 0. The predicted octanol–water partition coefficient (Wildman–Crippen LogP) is 25.3. The van der Waals surface area contributed by atoms with Gasteiger partial charge in [0.1, 0.15) is 63.1 Å².